The number of hydrogen-bond donors (Lipinski definition) is 2. The van der Waals surface area contributed by atoms with E-state index in [1.807, 2.05) is 30.3 Å². The van der Waals surface area contributed by atoms with Gasteiger partial charge in [-0.05, 0) is 56.7 Å². The van der Waals surface area contributed by atoms with Gasteiger partial charge < -0.3 is 5.32 Å². The molecule has 1 aromatic carbocycles. The van der Waals surface area contributed by atoms with Crippen molar-refractivity contribution in [1.82, 2.24) is 19.8 Å². The van der Waals surface area contributed by atoms with E-state index in [0.717, 1.165) is 25.1 Å². The third-order valence-corrected chi connectivity index (χ3v) is 6.87. The predicted octanol–water partition coefficient (Wildman–Crippen LogP) is 2.07. The minimum Gasteiger partial charge on any atom is -0.311 e. The summed E-state index contributed by atoms with van der Waals surface area (Å²) in [5.41, 5.74) is 1.13. The molecule has 0 bridgehead atoms. The lowest BCUT2D eigenvalue weighted by Gasteiger charge is -2.48. The van der Waals surface area contributed by atoms with Gasteiger partial charge in [0.25, 0.3) is 0 Å². The van der Waals surface area contributed by atoms with Crippen molar-refractivity contribution in [2.75, 3.05) is 13.1 Å². The Morgan fingerprint density at radius 3 is 2.80 bits per heavy atom. The van der Waals surface area contributed by atoms with Gasteiger partial charge in [-0.3, -0.25) is 0 Å². The Labute approximate surface area is 148 Å². The van der Waals surface area contributed by atoms with Gasteiger partial charge in [-0.1, -0.05) is 18.2 Å². The summed E-state index contributed by atoms with van der Waals surface area (Å²) >= 11 is 0. The molecule has 1 spiro atoms. The highest BCUT2D eigenvalue weighted by molar-refractivity contribution is 7.89. The second-order valence-electron chi connectivity index (χ2n) is 7.23. The number of nitrogens with zero attached hydrogens (tertiary/aromatic N) is 2. The molecule has 6 nitrogen and oxygen atoms in total. The maximum atomic E-state index is 12.6. The van der Waals surface area contributed by atoms with E-state index in [9.17, 15) is 8.42 Å². The first-order chi connectivity index (χ1) is 12.1. The molecule has 2 fully saturated rings. The number of rotatable bonds is 5. The average molecular weight is 360 g/mol. The van der Waals surface area contributed by atoms with Crippen molar-refractivity contribution < 1.29 is 8.42 Å². The van der Waals surface area contributed by atoms with Gasteiger partial charge in [0.1, 0.15) is 4.90 Å². The second kappa shape index (κ2) is 6.55. The average Bonchev–Trinajstić information content (AvgIpc) is 3.11. The summed E-state index contributed by atoms with van der Waals surface area (Å²) in [5.74, 6) is 0.403. The minimum absolute atomic E-state index is 0.212. The van der Waals surface area contributed by atoms with E-state index >= 15 is 0 Å². The van der Waals surface area contributed by atoms with Crippen LogP contribution in [0.5, 0.6) is 0 Å². The summed E-state index contributed by atoms with van der Waals surface area (Å²) in [4.78, 5) is 0.212. The Balaban J connectivity index is 1.41. The number of aromatic nitrogens is 2. The quantitative estimate of drug-likeness (QED) is 0.856. The lowest BCUT2D eigenvalue weighted by Crippen LogP contribution is -2.56. The van der Waals surface area contributed by atoms with Crippen LogP contribution in [0.1, 0.15) is 32.1 Å². The molecule has 1 saturated carbocycles. The summed E-state index contributed by atoms with van der Waals surface area (Å²) in [6.07, 6.45) is 8.79. The normalized spacial score (nSPS) is 22.6. The second-order valence-corrected chi connectivity index (χ2v) is 8.99. The summed E-state index contributed by atoms with van der Waals surface area (Å²) in [6.45, 7) is 1.49. The van der Waals surface area contributed by atoms with Crippen LogP contribution < -0.4 is 10.0 Å². The van der Waals surface area contributed by atoms with Crippen LogP contribution in [0.3, 0.4) is 0 Å². The molecular formula is C18H24N4O2S. The topological polar surface area (TPSA) is 76.0 Å². The molecule has 1 unspecified atom stereocenters. The summed E-state index contributed by atoms with van der Waals surface area (Å²) in [5, 5.41) is 7.80. The minimum atomic E-state index is -3.53. The zero-order valence-electron chi connectivity index (χ0n) is 14.2. The molecule has 2 N–H and O–H groups in total. The highest BCUT2D eigenvalue weighted by Gasteiger charge is 2.40. The zero-order valence-corrected chi connectivity index (χ0v) is 15.0. The van der Waals surface area contributed by atoms with E-state index in [-0.39, 0.29) is 10.4 Å². The highest BCUT2D eigenvalue weighted by Crippen LogP contribution is 2.40. The molecule has 1 aliphatic heterocycles. The molecule has 2 aliphatic rings. The molecule has 0 radical (unpaired) electrons. The SMILES string of the molecule is O=S(=O)(NCC1CCNC2(CCC2)C1)c1cnn(-c2ccccc2)c1. The van der Waals surface area contributed by atoms with Crippen LogP contribution in [0.4, 0.5) is 0 Å². The molecule has 0 amide bonds. The highest BCUT2D eigenvalue weighted by atomic mass is 32.2. The maximum absolute atomic E-state index is 12.6. The first kappa shape index (κ1) is 16.8. The van der Waals surface area contributed by atoms with Crippen molar-refractivity contribution in [3.05, 3.63) is 42.7 Å². The van der Waals surface area contributed by atoms with Crippen LogP contribution in [-0.4, -0.2) is 36.8 Å². The lowest BCUT2D eigenvalue weighted by molar-refractivity contribution is 0.108. The largest absolute Gasteiger partial charge is 0.311 e. The number of para-hydroxylation sites is 1. The number of piperidine rings is 1. The van der Waals surface area contributed by atoms with Gasteiger partial charge in [0.05, 0.1) is 18.1 Å². The molecule has 2 heterocycles. The standard InChI is InChI=1S/C18H24N4O2S/c23-25(24,17-13-20-22(14-17)16-5-2-1-3-6-16)21-12-15-7-10-19-18(11-15)8-4-9-18/h1-3,5-6,13-15,19,21H,4,7-12H2. The molecule has 25 heavy (non-hydrogen) atoms. The molecule has 1 aromatic heterocycles. The molecule has 1 atom stereocenters. The van der Waals surface area contributed by atoms with Gasteiger partial charge in [0.15, 0.2) is 0 Å². The number of nitrogens with one attached hydrogen (secondary N) is 2. The first-order valence-electron chi connectivity index (χ1n) is 8.91. The Morgan fingerprint density at radius 2 is 2.08 bits per heavy atom. The Morgan fingerprint density at radius 1 is 1.28 bits per heavy atom. The Hall–Kier alpha value is -1.70. The van der Waals surface area contributed by atoms with Crippen LogP contribution in [0, 0.1) is 5.92 Å². The smallest absolute Gasteiger partial charge is 0.243 e. The van der Waals surface area contributed by atoms with E-state index in [1.54, 1.807) is 10.9 Å². The third-order valence-electron chi connectivity index (χ3n) is 5.49. The fourth-order valence-electron chi connectivity index (χ4n) is 3.90. The molecule has 1 aliphatic carbocycles. The van der Waals surface area contributed by atoms with E-state index in [0.29, 0.717) is 12.5 Å². The zero-order chi connectivity index (χ0) is 17.3. The van der Waals surface area contributed by atoms with Crippen LogP contribution in [0.2, 0.25) is 0 Å². The lowest BCUT2D eigenvalue weighted by atomic mass is 9.68. The van der Waals surface area contributed by atoms with Crippen LogP contribution in [-0.2, 0) is 10.0 Å². The van der Waals surface area contributed by atoms with E-state index in [4.69, 9.17) is 0 Å². The monoisotopic (exact) mass is 360 g/mol. The van der Waals surface area contributed by atoms with Crippen LogP contribution >= 0.6 is 0 Å². The van der Waals surface area contributed by atoms with E-state index in [2.05, 4.69) is 15.1 Å². The number of benzene rings is 1. The summed E-state index contributed by atoms with van der Waals surface area (Å²) in [6, 6.07) is 9.50. The van der Waals surface area contributed by atoms with Crippen molar-refractivity contribution in [3.63, 3.8) is 0 Å². The van der Waals surface area contributed by atoms with E-state index in [1.165, 1.54) is 25.5 Å². The maximum Gasteiger partial charge on any atom is 0.243 e. The third kappa shape index (κ3) is 3.49. The van der Waals surface area contributed by atoms with Crippen LogP contribution in [0.15, 0.2) is 47.6 Å². The van der Waals surface area contributed by atoms with Crippen molar-refractivity contribution >= 4 is 10.0 Å². The van der Waals surface area contributed by atoms with Gasteiger partial charge in [-0.15, -0.1) is 0 Å². The fourth-order valence-corrected chi connectivity index (χ4v) is 4.95. The number of sulfonamides is 1. The van der Waals surface area contributed by atoms with Gasteiger partial charge in [-0.25, -0.2) is 17.8 Å². The summed E-state index contributed by atoms with van der Waals surface area (Å²) < 4.78 is 29.5. The van der Waals surface area contributed by atoms with Gasteiger partial charge >= 0.3 is 0 Å². The van der Waals surface area contributed by atoms with Crippen LogP contribution in [0.25, 0.3) is 5.69 Å². The molecule has 1 saturated heterocycles. The van der Waals surface area contributed by atoms with Gasteiger partial charge in [0.2, 0.25) is 10.0 Å². The fraction of sp³-hybridized carbons (Fsp3) is 0.500. The van der Waals surface area contributed by atoms with Gasteiger partial charge in [0, 0.05) is 12.1 Å². The molecule has 134 valence electrons. The summed E-state index contributed by atoms with van der Waals surface area (Å²) in [7, 11) is -3.53. The molecule has 7 heteroatoms. The van der Waals surface area contributed by atoms with Crippen molar-refractivity contribution in [1.29, 1.82) is 0 Å². The molecule has 4 rings (SSSR count). The Bertz CT molecular complexity index is 828. The first-order valence-corrected chi connectivity index (χ1v) is 10.4. The Kier molecular flexibility index (Phi) is 4.39. The van der Waals surface area contributed by atoms with Gasteiger partial charge in [-0.2, -0.15) is 5.10 Å². The van der Waals surface area contributed by atoms with Crippen molar-refractivity contribution in [3.8, 4) is 5.69 Å². The van der Waals surface area contributed by atoms with Crippen molar-refractivity contribution in [2.45, 2.75) is 42.5 Å². The predicted molar refractivity (Wildman–Crippen MR) is 96.1 cm³/mol. The molecule has 2 aromatic rings. The number of hydrogen-bond acceptors (Lipinski definition) is 4. The van der Waals surface area contributed by atoms with E-state index < -0.39 is 10.0 Å². The molecular weight excluding hydrogens is 336 g/mol. The van der Waals surface area contributed by atoms with Crippen molar-refractivity contribution in [2.24, 2.45) is 5.92 Å².